The van der Waals surface area contributed by atoms with Crippen molar-refractivity contribution in [2.75, 3.05) is 13.6 Å². The van der Waals surface area contributed by atoms with E-state index in [2.05, 4.69) is 5.32 Å². The molecule has 0 aliphatic heterocycles. The maximum Gasteiger partial charge on any atom is 0.170 e. The minimum Gasteiger partial charge on any atom is -0.504 e. The molecule has 0 aliphatic rings. The van der Waals surface area contributed by atoms with E-state index in [0.29, 0.717) is 6.42 Å². The Labute approximate surface area is 81.3 Å². The second-order valence-corrected chi connectivity index (χ2v) is 3.17. The molecule has 1 rings (SSSR count). The summed E-state index contributed by atoms with van der Waals surface area (Å²) in [6, 6.07) is 2.86. The van der Waals surface area contributed by atoms with Crippen LogP contribution in [0.15, 0.2) is 12.1 Å². The van der Waals surface area contributed by atoms with Crippen molar-refractivity contribution in [2.24, 2.45) is 0 Å². The fourth-order valence-corrected chi connectivity index (χ4v) is 1.26. The molecule has 4 heteroatoms. The Balaban J connectivity index is 2.86. The predicted octanol–water partition coefficient (Wildman–Crippen LogP) is 1.95. The molecular weight excluding hydrogens is 193 g/mol. The number of aromatic hydroxyl groups is 1. The Morgan fingerprint density at radius 2 is 2.23 bits per heavy atom. The average molecular weight is 204 g/mol. The largest absolute Gasteiger partial charge is 0.504 e. The quantitative estimate of drug-likeness (QED) is 0.787. The first-order chi connectivity index (χ1) is 6.15. The molecular formula is C9H11ClFNO. The van der Waals surface area contributed by atoms with E-state index >= 15 is 0 Å². The van der Waals surface area contributed by atoms with Gasteiger partial charge in [-0.15, -0.1) is 0 Å². The van der Waals surface area contributed by atoms with Crippen molar-refractivity contribution in [3.05, 3.63) is 28.5 Å². The van der Waals surface area contributed by atoms with Gasteiger partial charge < -0.3 is 10.4 Å². The molecule has 72 valence electrons. The lowest BCUT2D eigenvalue weighted by molar-refractivity contribution is 0.432. The molecule has 2 nitrogen and oxygen atoms in total. The third-order valence-corrected chi connectivity index (χ3v) is 2.03. The number of halogens is 2. The van der Waals surface area contributed by atoms with Crippen LogP contribution in [0.1, 0.15) is 5.56 Å². The fourth-order valence-electron chi connectivity index (χ4n) is 1.03. The van der Waals surface area contributed by atoms with Crippen LogP contribution in [0, 0.1) is 5.82 Å². The highest BCUT2D eigenvalue weighted by Crippen LogP contribution is 2.27. The molecule has 0 fully saturated rings. The van der Waals surface area contributed by atoms with Crippen molar-refractivity contribution in [1.82, 2.24) is 5.32 Å². The molecule has 0 bridgehead atoms. The number of nitrogens with one attached hydrogen (secondary N) is 1. The number of hydrogen-bond acceptors (Lipinski definition) is 2. The molecule has 1 aromatic carbocycles. The summed E-state index contributed by atoms with van der Waals surface area (Å²) in [6.45, 7) is 0.751. The van der Waals surface area contributed by atoms with Crippen LogP contribution in [0.2, 0.25) is 5.02 Å². The number of phenolic OH excluding ortho intramolecular Hbond substituents is 1. The van der Waals surface area contributed by atoms with E-state index in [-0.39, 0.29) is 5.02 Å². The van der Waals surface area contributed by atoms with E-state index < -0.39 is 11.6 Å². The lowest BCUT2D eigenvalue weighted by atomic mass is 10.1. The molecule has 0 amide bonds. The van der Waals surface area contributed by atoms with Gasteiger partial charge in [0.05, 0.1) is 5.02 Å². The van der Waals surface area contributed by atoms with E-state index in [9.17, 15) is 4.39 Å². The van der Waals surface area contributed by atoms with E-state index in [4.69, 9.17) is 16.7 Å². The molecule has 0 saturated heterocycles. The summed E-state index contributed by atoms with van der Waals surface area (Å²) < 4.78 is 12.9. The van der Waals surface area contributed by atoms with Crippen LogP contribution in [0.25, 0.3) is 0 Å². The molecule has 0 radical (unpaired) electrons. The van der Waals surface area contributed by atoms with Gasteiger partial charge in [0.1, 0.15) is 0 Å². The normalized spacial score (nSPS) is 10.4. The van der Waals surface area contributed by atoms with Crippen molar-refractivity contribution < 1.29 is 9.50 Å². The summed E-state index contributed by atoms with van der Waals surface area (Å²) in [5, 5.41) is 12.0. The van der Waals surface area contributed by atoms with Crippen molar-refractivity contribution in [3.63, 3.8) is 0 Å². The van der Waals surface area contributed by atoms with E-state index in [0.717, 1.165) is 12.1 Å². The second kappa shape index (κ2) is 4.44. The van der Waals surface area contributed by atoms with Crippen molar-refractivity contribution in [2.45, 2.75) is 6.42 Å². The van der Waals surface area contributed by atoms with Crippen LogP contribution in [-0.4, -0.2) is 18.7 Å². The van der Waals surface area contributed by atoms with Crippen LogP contribution < -0.4 is 5.32 Å². The van der Waals surface area contributed by atoms with Gasteiger partial charge >= 0.3 is 0 Å². The minimum atomic E-state index is -0.668. The Bertz CT molecular complexity index is 281. The van der Waals surface area contributed by atoms with Crippen molar-refractivity contribution in [3.8, 4) is 5.75 Å². The summed E-state index contributed by atoms with van der Waals surface area (Å²) in [7, 11) is 1.82. The third-order valence-electron chi connectivity index (χ3n) is 1.74. The number of rotatable bonds is 3. The fraction of sp³-hybridized carbons (Fsp3) is 0.333. The van der Waals surface area contributed by atoms with Crippen LogP contribution in [-0.2, 0) is 6.42 Å². The zero-order valence-corrected chi connectivity index (χ0v) is 8.03. The number of phenols is 1. The zero-order valence-electron chi connectivity index (χ0n) is 7.27. The number of benzene rings is 1. The SMILES string of the molecule is CNCCc1cc(F)c(O)c(Cl)c1. The Morgan fingerprint density at radius 1 is 1.54 bits per heavy atom. The number of hydrogen-bond donors (Lipinski definition) is 2. The summed E-state index contributed by atoms with van der Waals surface area (Å²) >= 11 is 5.59. The van der Waals surface area contributed by atoms with Crippen LogP contribution in [0.4, 0.5) is 4.39 Å². The minimum absolute atomic E-state index is 0.0612. The average Bonchev–Trinajstić information content (AvgIpc) is 2.10. The molecule has 0 aromatic heterocycles. The maximum atomic E-state index is 12.9. The number of likely N-dealkylation sites (N-methyl/N-ethyl adjacent to an activating group) is 1. The van der Waals surface area contributed by atoms with Crippen LogP contribution in [0.5, 0.6) is 5.75 Å². The van der Waals surface area contributed by atoms with Crippen LogP contribution in [0.3, 0.4) is 0 Å². The molecule has 0 spiro atoms. The highest BCUT2D eigenvalue weighted by atomic mass is 35.5. The Hall–Kier alpha value is -0.800. The van der Waals surface area contributed by atoms with Gasteiger partial charge in [-0.05, 0) is 37.7 Å². The van der Waals surface area contributed by atoms with Crippen molar-refractivity contribution >= 4 is 11.6 Å². The Morgan fingerprint density at radius 3 is 2.77 bits per heavy atom. The maximum absolute atomic E-state index is 12.9. The summed E-state index contributed by atoms with van der Waals surface area (Å²) in [5.41, 5.74) is 0.773. The van der Waals surface area contributed by atoms with Crippen molar-refractivity contribution in [1.29, 1.82) is 0 Å². The third kappa shape index (κ3) is 2.57. The lowest BCUT2D eigenvalue weighted by Crippen LogP contribution is -2.10. The molecule has 2 N–H and O–H groups in total. The topological polar surface area (TPSA) is 32.3 Å². The van der Waals surface area contributed by atoms with Gasteiger partial charge in [-0.3, -0.25) is 0 Å². The van der Waals surface area contributed by atoms with Gasteiger partial charge in [0, 0.05) is 0 Å². The van der Waals surface area contributed by atoms with Gasteiger partial charge in [0.25, 0.3) is 0 Å². The standard InChI is InChI=1S/C9H11ClFNO/c1-12-3-2-6-4-7(10)9(13)8(11)5-6/h4-5,12-13H,2-3H2,1H3. The van der Waals surface area contributed by atoms with Gasteiger partial charge in [-0.2, -0.15) is 0 Å². The molecule has 13 heavy (non-hydrogen) atoms. The highest BCUT2D eigenvalue weighted by molar-refractivity contribution is 6.32. The second-order valence-electron chi connectivity index (χ2n) is 2.76. The molecule has 0 atom stereocenters. The summed E-state index contributed by atoms with van der Waals surface area (Å²) in [5.74, 6) is -1.14. The van der Waals surface area contributed by atoms with Gasteiger partial charge in [0.15, 0.2) is 11.6 Å². The van der Waals surface area contributed by atoms with E-state index in [1.807, 2.05) is 7.05 Å². The molecule has 0 saturated carbocycles. The molecule has 0 heterocycles. The summed E-state index contributed by atoms with van der Waals surface area (Å²) in [4.78, 5) is 0. The smallest absolute Gasteiger partial charge is 0.170 e. The monoisotopic (exact) mass is 203 g/mol. The lowest BCUT2D eigenvalue weighted by Gasteiger charge is -2.04. The highest BCUT2D eigenvalue weighted by Gasteiger charge is 2.07. The van der Waals surface area contributed by atoms with Gasteiger partial charge in [-0.1, -0.05) is 11.6 Å². The molecule has 1 aromatic rings. The first-order valence-corrected chi connectivity index (χ1v) is 4.34. The zero-order chi connectivity index (χ0) is 9.84. The van der Waals surface area contributed by atoms with Crippen LogP contribution >= 0.6 is 11.6 Å². The van der Waals surface area contributed by atoms with E-state index in [1.54, 1.807) is 6.07 Å². The predicted molar refractivity (Wildman–Crippen MR) is 50.7 cm³/mol. The Kier molecular flexibility index (Phi) is 3.51. The first kappa shape index (κ1) is 10.3. The summed E-state index contributed by atoms with van der Waals surface area (Å²) in [6.07, 6.45) is 0.688. The molecule has 0 unspecified atom stereocenters. The molecule has 0 aliphatic carbocycles. The van der Waals surface area contributed by atoms with Gasteiger partial charge in [-0.25, -0.2) is 4.39 Å². The van der Waals surface area contributed by atoms with Gasteiger partial charge in [0.2, 0.25) is 0 Å². The van der Waals surface area contributed by atoms with E-state index in [1.165, 1.54) is 6.07 Å². The first-order valence-electron chi connectivity index (χ1n) is 3.96.